The largest absolute Gasteiger partial charge is 0.384 e. The van der Waals surface area contributed by atoms with Gasteiger partial charge in [0.25, 0.3) is 0 Å². The van der Waals surface area contributed by atoms with E-state index >= 15 is 0 Å². The Morgan fingerprint density at radius 1 is 1.39 bits per heavy atom. The average Bonchev–Trinajstić information content (AvgIpc) is 2.83. The first-order valence-electron chi connectivity index (χ1n) is 6.94. The third kappa shape index (κ3) is 3.24. The van der Waals surface area contributed by atoms with Crippen LogP contribution in [0.5, 0.6) is 0 Å². The van der Waals surface area contributed by atoms with Gasteiger partial charge in [-0.05, 0) is 38.4 Å². The van der Waals surface area contributed by atoms with E-state index in [1.165, 1.54) is 23.2 Å². The van der Waals surface area contributed by atoms with Crippen LogP contribution >= 0.6 is 0 Å². The van der Waals surface area contributed by atoms with E-state index in [1.54, 1.807) is 0 Å². The lowest BCUT2D eigenvalue weighted by Gasteiger charge is -2.21. The molecule has 0 bridgehead atoms. The zero-order valence-corrected chi connectivity index (χ0v) is 11.8. The lowest BCUT2D eigenvalue weighted by Crippen LogP contribution is -2.33. The number of fused-ring (bicyclic) bond motifs is 1. The summed E-state index contributed by atoms with van der Waals surface area (Å²) in [7, 11) is 2.17. The number of hydrogen-bond donors (Lipinski definition) is 2. The third-order valence-electron chi connectivity index (χ3n) is 3.77. The van der Waals surface area contributed by atoms with Gasteiger partial charge in [0, 0.05) is 37.9 Å². The molecule has 0 saturated heterocycles. The Bertz CT molecular complexity index is 387. The Balaban J connectivity index is 1.79. The molecule has 100 valence electrons. The molecule has 0 fully saturated rings. The fourth-order valence-corrected chi connectivity index (χ4v) is 2.29. The van der Waals surface area contributed by atoms with Crippen molar-refractivity contribution in [3.8, 4) is 0 Å². The lowest BCUT2D eigenvalue weighted by molar-refractivity contribution is 0.273. The number of hydrogen-bond acceptors (Lipinski definition) is 3. The molecule has 1 aromatic carbocycles. The molecule has 0 amide bonds. The van der Waals surface area contributed by atoms with Crippen molar-refractivity contribution < 1.29 is 0 Å². The Morgan fingerprint density at radius 2 is 2.22 bits per heavy atom. The Kier molecular flexibility index (Phi) is 4.61. The van der Waals surface area contributed by atoms with Crippen molar-refractivity contribution in [3.63, 3.8) is 0 Å². The molecule has 2 N–H and O–H groups in total. The van der Waals surface area contributed by atoms with Crippen LogP contribution in [0.15, 0.2) is 18.2 Å². The van der Waals surface area contributed by atoms with Crippen LogP contribution in [-0.2, 0) is 13.0 Å². The van der Waals surface area contributed by atoms with Gasteiger partial charge in [0.1, 0.15) is 0 Å². The van der Waals surface area contributed by atoms with E-state index in [0.717, 1.165) is 26.2 Å². The van der Waals surface area contributed by atoms with Crippen molar-refractivity contribution in [3.05, 3.63) is 29.3 Å². The molecule has 18 heavy (non-hydrogen) atoms. The predicted molar refractivity (Wildman–Crippen MR) is 78.1 cm³/mol. The van der Waals surface area contributed by atoms with Crippen LogP contribution < -0.4 is 10.6 Å². The number of nitrogens with one attached hydrogen (secondary N) is 2. The minimum absolute atomic E-state index is 0.620. The molecule has 1 heterocycles. The first-order valence-corrected chi connectivity index (χ1v) is 6.94. The van der Waals surface area contributed by atoms with Gasteiger partial charge >= 0.3 is 0 Å². The van der Waals surface area contributed by atoms with Crippen molar-refractivity contribution >= 4 is 5.69 Å². The summed E-state index contributed by atoms with van der Waals surface area (Å²) in [5.74, 6) is 0. The fraction of sp³-hybridized carbons (Fsp3) is 0.600. The van der Waals surface area contributed by atoms with Gasteiger partial charge in [-0.3, -0.25) is 0 Å². The Labute approximate surface area is 111 Å². The van der Waals surface area contributed by atoms with Crippen LogP contribution in [0.4, 0.5) is 5.69 Å². The maximum atomic E-state index is 3.54. The van der Waals surface area contributed by atoms with Crippen LogP contribution in [0, 0.1) is 0 Å². The Hall–Kier alpha value is -1.06. The van der Waals surface area contributed by atoms with Crippen LogP contribution in [0.2, 0.25) is 0 Å². The van der Waals surface area contributed by atoms with Crippen molar-refractivity contribution in [1.82, 2.24) is 10.2 Å². The minimum atomic E-state index is 0.620. The highest BCUT2D eigenvalue weighted by Crippen LogP contribution is 2.25. The normalized spacial score (nSPS) is 14.1. The second-order valence-electron chi connectivity index (χ2n) is 5.38. The predicted octanol–water partition coefficient (Wildman–Crippen LogP) is 2.08. The maximum absolute atomic E-state index is 3.54. The highest BCUT2D eigenvalue weighted by atomic mass is 15.1. The topological polar surface area (TPSA) is 27.3 Å². The third-order valence-corrected chi connectivity index (χ3v) is 3.77. The first kappa shape index (κ1) is 13.4. The van der Waals surface area contributed by atoms with E-state index in [0.29, 0.717) is 6.04 Å². The van der Waals surface area contributed by atoms with Gasteiger partial charge in [0.15, 0.2) is 0 Å². The second-order valence-corrected chi connectivity index (χ2v) is 5.38. The standard InChI is InChI=1S/C15H25N3/c1-12(2)18(3)10-9-16-11-14-6-4-5-13-7-8-17-15(13)14/h4-6,12,16-17H,7-11H2,1-3H3. The molecule has 0 spiro atoms. The van der Waals surface area contributed by atoms with E-state index in [4.69, 9.17) is 0 Å². The molecule has 3 nitrogen and oxygen atoms in total. The molecule has 2 rings (SSSR count). The fourth-order valence-electron chi connectivity index (χ4n) is 2.29. The highest BCUT2D eigenvalue weighted by Gasteiger charge is 2.12. The van der Waals surface area contributed by atoms with E-state index in [-0.39, 0.29) is 0 Å². The molecule has 0 aromatic heterocycles. The quantitative estimate of drug-likeness (QED) is 0.754. The summed E-state index contributed by atoms with van der Waals surface area (Å²) in [6.07, 6.45) is 1.17. The van der Waals surface area contributed by atoms with Crippen molar-refractivity contribution in [2.45, 2.75) is 32.9 Å². The van der Waals surface area contributed by atoms with Gasteiger partial charge < -0.3 is 15.5 Å². The maximum Gasteiger partial charge on any atom is 0.0419 e. The molecule has 0 atom stereocenters. The summed E-state index contributed by atoms with van der Waals surface area (Å²) in [4.78, 5) is 2.36. The molecule has 0 radical (unpaired) electrons. The van der Waals surface area contributed by atoms with Crippen molar-refractivity contribution in [2.75, 3.05) is 32.0 Å². The van der Waals surface area contributed by atoms with Crippen LogP contribution in [0.25, 0.3) is 0 Å². The van der Waals surface area contributed by atoms with Crippen LogP contribution in [0.1, 0.15) is 25.0 Å². The number of para-hydroxylation sites is 1. The Morgan fingerprint density at radius 3 is 3.00 bits per heavy atom. The number of benzene rings is 1. The van der Waals surface area contributed by atoms with Crippen LogP contribution in [-0.4, -0.2) is 37.6 Å². The summed E-state index contributed by atoms with van der Waals surface area (Å²) >= 11 is 0. The number of anilines is 1. The average molecular weight is 247 g/mol. The van der Waals surface area contributed by atoms with E-state index < -0.39 is 0 Å². The van der Waals surface area contributed by atoms with Crippen molar-refractivity contribution in [1.29, 1.82) is 0 Å². The highest BCUT2D eigenvalue weighted by molar-refractivity contribution is 5.61. The molecule has 0 saturated carbocycles. The van der Waals surface area contributed by atoms with E-state index in [9.17, 15) is 0 Å². The zero-order valence-electron chi connectivity index (χ0n) is 11.8. The van der Waals surface area contributed by atoms with E-state index in [2.05, 4.69) is 54.6 Å². The summed E-state index contributed by atoms with van der Waals surface area (Å²) in [5.41, 5.74) is 4.23. The minimum Gasteiger partial charge on any atom is -0.384 e. The van der Waals surface area contributed by atoms with Gasteiger partial charge in [-0.25, -0.2) is 0 Å². The molecule has 1 aliphatic rings. The molecule has 0 unspecified atom stereocenters. The monoisotopic (exact) mass is 247 g/mol. The number of likely N-dealkylation sites (N-methyl/N-ethyl adjacent to an activating group) is 1. The number of rotatable bonds is 6. The molecule has 0 aliphatic carbocycles. The second kappa shape index (κ2) is 6.21. The SMILES string of the molecule is CC(C)N(C)CCNCc1cccc2c1NCC2. The summed E-state index contributed by atoms with van der Waals surface area (Å²) in [5, 5.41) is 7.02. The van der Waals surface area contributed by atoms with E-state index in [1.807, 2.05) is 0 Å². The van der Waals surface area contributed by atoms with Crippen molar-refractivity contribution in [2.24, 2.45) is 0 Å². The molecular formula is C15H25N3. The summed E-state index contributed by atoms with van der Waals surface area (Å²) in [6, 6.07) is 7.24. The molecule has 3 heteroatoms. The van der Waals surface area contributed by atoms with Gasteiger partial charge in [-0.15, -0.1) is 0 Å². The lowest BCUT2D eigenvalue weighted by atomic mass is 10.1. The van der Waals surface area contributed by atoms with Gasteiger partial charge in [-0.2, -0.15) is 0 Å². The van der Waals surface area contributed by atoms with Gasteiger partial charge in [0.2, 0.25) is 0 Å². The van der Waals surface area contributed by atoms with Crippen LogP contribution in [0.3, 0.4) is 0 Å². The number of nitrogens with zero attached hydrogens (tertiary/aromatic N) is 1. The smallest absolute Gasteiger partial charge is 0.0419 e. The van der Waals surface area contributed by atoms with Gasteiger partial charge in [-0.1, -0.05) is 18.2 Å². The zero-order chi connectivity index (χ0) is 13.0. The molecule has 1 aliphatic heterocycles. The summed E-state index contributed by atoms with van der Waals surface area (Å²) < 4.78 is 0. The first-order chi connectivity index (χ1) is 8.68. The van der Waals surface area contributed by atoms with Gasteiger partial charge in [0.05, 0.1) is 0 Å². The molecular weight excluding hydrogens is 222 g/mol. The molecule has 1 aromatic rings. The summed E-state index contributed by atoms with van der Waals surface area (Å²) in [6.45, 7) is 8.64.